The zero-order valence-corrected chi connectivity index (χ0v) is 15.2. The van der Waals surface area contributed by atoms with Gasteiger partial charge in [-0.3, -0.25) is 4.98 Å². The van der Waals surface area contributed by atoms with E-state index in [2.05, 4.69) is 24.6 Å². The molecule has 4 heteroatoms. The number of nitrogens with zero attached hydrogens (tertiary/aromatic N) is 2. The fourth-order valence-corrected chi connectivity index (χ4v) is 3.23. The highest BCUT2D eigenvalue weighted by molar-refractivity contribution is 5.60. The van der Waals surface area contributed by atoms with Crippen molar-refractivity contribution in [1.29, 1.82) is 5.26 Å². The molecule has 1 aliphatic carbocycles. The van der Waals surface area contributed by atoms with Gasteiger partial charge in [0, 0.05) is 24.1 Å². The van der Waals surface area contributed by atoms with Crippen molar-refractivity contribution in [2.24, 2.45) is 0 Å². The lowest BCUT2D eigenvalue weighted by Gasteiger charge is -2.26. The van der Waals surface area contributed by atoms with Gasteiger partial charge in [-0.05, 0) is 49.6 Å². The van der Waals surface area contributed by atoms with Crippen molar-refractivity contribution in [3.63, 3.8) is 0 Å². The predicted octanol–water partition coefficient (Wildman–Crippen LogP) is 5.19. The first-order valence-corrected chi connectivity index (χ1v) is 8.67. The van der Waals surface area contributed by atoms with Crippen molar-refractivity contribution in [1.82, 2.24) is 4.98 Å². The van der Waals surface area contributed by atoms with Crippen LogP contribution in [0.1, 0.15) is 48.9 Å². The average Bonchev–Trinajstić information content (AvgIpc) is 2.69. The topological polar surface area (TPSA) is 55.1 Å². The molecule has 0 saturated carbocycles. The number of nitriles is 1. The number of allylic oxidation sites excluding steroid dienone is 2. The minimum absolute atomic E-state index is 0.183. The Hall–Kier alpha value is -3.06. The summed E-state index contributed by atoms with van der Waals surface area (Å²) in [5.41, 5.74) is 3.61. The molecule has 1 aromatic carbocycles. The summed E-state index contributed by atoms with van der Waals surface area (Å²) in [6.07, 6.45) is 4.36. The van der Waals surface area contributed by atoms with Gasteiger partial charge in [0.1, 0.15) is 23.3 Å². The Morgan fingerprint density at radius 2 is 2.15 bits per heavy atom. The summed E-state index contributed by atoms with van der Waals surface area (Å²) in [7, 11) is 1.64. The van der Waals surface area contributed by atoms with Gasteiger partial charge in [0.2, 0.25) is 0 Å². The van der Waals surface area contributed by atoms with Crippen LogP contribution in [0.5, 0.6) is 5.75 Å². The third-order valence-electron chi connectivity index (χ3n) is 4.76. The third kappa shape index (κ3) is 3.78. The number of aromatic nitrogens is 1. The molecule has 4 nitrogen and oxygen atoms in total. The zero-order chi connectivity index (χ0) is 18.5. The Morgan fingerprint density at radius 1 is 1.31 bits per heavy atom. The lowest BCUT2D eigenvalue weighted by atomic mass is 9.85. The molecule has 1 unspecified atom stereocenters. The monoisotopic (exact) mass is 346 g/mol. The molecule has 3 rings (SSSR count). The van der Waals surface area contributed by atoms with Crippen molar-refractivity contribution in [3.8, 4) is 11.8 Å². The van der Waals surface area contributed by atoms with E-state index in [-0.39, 0.29) is 5.92 Å². The maximum absolute atomic E-state index is 9.35. The van der Waals surface area contributed by atoms with Crippen LogP contribution < -0.4 is 4.74 Å². The summed E-state index contributed by atoms with van der Waals surface area (Å²) in [4.78, 5) is 4.45. The van der Waals surface area contributed by atoms with Crippen molar-refractivity contribution in [2.75, 3.05) is 7.11 Å². The Balaban J connectivity index is 1.79. The maximum Gasteiger partial charge on any atom is 0.127 e. The van der Waals surface area contributed by atoms with E-state index in [1.807, 2.05) is 30.3 Å². The third-order valence-corrected chi connectivity index (χ3v) is 4.76. The van der Waals surface area contributed by atoms with Crippen molar-refractivity contribution in [3.05, 3.63) is 77.3 Å². The second-order valence-electron chi connectivity index (χ2n) is 6.45. The molecule has 0 spiro atoms. The van der Waals surface area contributed by atoms with Crippen LogP contribution in [0.4, 0.5) is 0 Å². The fourth-order valence-electron chi connectivity index (χ4n) is 3.23. The second kappa shape index (κ2) is 7.88. The van der Waals surface area contributed by atoms with Gasteiger partial charge in [0.25, 0.3) is 0 Å². The first-order valence-electron chi connectivity index (χ1n) is 8.67. The Kier molecular flexibility index (Phi) is 5.38. The van der Waals surface area contributed by atoms with Crippen LogP contribution in [-0.4, -0.2) is 12.1 Å². The minimum Gasteiger partial charge on any atom is -0.497 e. The molecular weight excluding hydrogens is 324 g/mol. The van der Waals surface area contributed by atoms with Crippen LogP contribution >= 0.6 is 0 Å². The highest BCUT2D eigenvalue weighted by atomic mass is 16.5. The van der Waals surface area contributed by atoms with Gasteiger partial charge < -0.3 is 9.47 Å². The van der Waals surface area contributed by atoms with Gasteiger partial charge in [-0.15, -0.1) is 0 Å². The van der Waals surface area contributed by atoms with Crippen LogP contribution in [0.3, 0.4) is 0 Å². The molecule has 0 bridgehead atoms. The maximum atomic E-state index is 9.35. The number of pyridine rings is 1. The number of methoxy groups -OCH3 is 1. The number of rotatable bonds is 5. The molecule has 1 aromatic heterocycles. The summed E-state index contributed by atoms with van der Waals surface area (Å²) >= 11 is 0. The molecule has 0 fully saturated rings. The van der Waals surface area contributed by atoms with Crippen LogP contribution in [0.25, 0.3) is 5.76 Å². The molecule has 1 heterocycles. The van der Waals surface area contributed by atoms with Gasteiger partial charge >= 0.3 is 0 Å². The summed E-state index contributed by atoms with van der Waals surface area (Å²) in [6.45, 7) is 6.17. The van der Waals surface area contributed by atoms with E-state index in [1.165, 1.54) is 5.57 Å². The molecule has 0 aliphatic heterocycles. The van der Waals surface area contributed by atoms with E-state index >= 15 is 0 Å². The van der Waals surface area contributed by atoms with Crippen molar-refractivity contribution >= 4 is 5.76 Å². The molecule has 0 amide bonds. The van der Waals surface area contributed by atoms with E-state index < -0.39 is 0 Å². The minimum atomic E-state index is 0.183. The van der Waals surface area contributed by atoms with Crippen molar-refractivity contribution < 1.29 is 9.47 Å². The number of hydrogen-bond donors (Lipinski definition) is 0. The van der Waals surface area contributed by atoms with E-state index in [0.717, 1.165) is 42.0 Å². The highest BCUT2D eigenvalue weighted by Crippen LogP contribution is 2.38. The van der Waals surface area contributed by atoms with Crippen LogP contribution in [0.2, 0.25) is 0 Å². The summed E-state index contributed by atoms with van der Waals surface area (Å²) in [5.74, 6) is 2.47. The van der Waals surface area contributed by atoms with Gasteiger partial charge in [-0.2, -0.15) is 5.26 Å². The quantitative estimate of drug-likeness (QED) is 0.699. The zero-order valence-electron chi connectivity index (χ0n) is 15.2. The predicted molar refractivity (Wildman–Crippen MR) is 101 cm³/mol. The van der Waals surface area contributed by atoms with Crippen LogP contribution in [0.15, 0.2) is 60.5 Å². The number of hydrogen-bond acceptors (Lipinski definition) is 4. The lowest BCUT2D eigenvalue weighted by Crippen LogP contribution is -2.12. The lowest BCUT2D eigenvalue weighted by molar-refractivity contribution is 0.324. The summed E-state index contributed by atoms with van der Waals surface area (Å²) < 4.78 is 11.4. The summed E-state index contributed by atoms with van der Waals surface area (Å²) in [6, 6.07) is 13.5. The SMILES string of the molecule is C=C(OC1=C(C)CCC(c2ncccc2C#N)C1)c1cccc(OC)c1. The molecule has 1 aliphatic rings. The molecule has 0 radical (unpaired) electrons. The first kappa shape index (κ1) is 17.8. The number of benzene rings is 1. The van der Waals surface area contributed by atoms with Crippen LogP contribution in [-0.2, 0) is 4.74 Å². The molecular formula is C22H22N2O2. The Morgan fingerprint density at radius 3 is 2.92 bits per heavy atom. The van der Waals surface area contributed by atoms with E-state index in [9.17, 15) is 5.26 Å². The van der Waals surface area contributed by atoms with Gasteiger partial charge in [0.15, 0.2) is 0 Å². The fraction of sp³-hybridized carbons (Fsp3) is 0.273. The smallest absolute Gasteiger partial charge is 0.127 e. The molecule has 26 heavy (non-hydrogen) atoms. The van der Waals surface area contributed by atoms with Gasteiger partial charge in [-0.25, -0.2) is 0 Å². The van der Waals surface area contributed by atoms with E-state index in [0.29, 0.717) is 11.3 Å². The van der Waals surface area contributed by atoms with E-state index in [1.54, 1.807) is 19.4 Å². The largest absolute Gasteiger partial charge is 0.497 e. The molecule has 1 atom stereocenters. The second-order valence-corrected chi connectivity index (χ2v) is 6.45. The van der Waals surface area contributed by atoms with Gasteiger partial charge in [-0.1, -0.05) is 18.7 Å². The normalized spacial score (nSPS) is 16.7. The standard InChI is InChI=1S/C22H22N2O2/c1-15-9-10-18(22-19(14-23)7-5-11-24-22)13-21(15)26-16(2)17-6-4-8-20(12-17)25-3/h4-8,11-12,18H,2,9-10,13H2,1,3H3. The van der Waals surface area contributed by atoms with Crippen LogP contribution in [0, 0.1) is 11.3 Å². The molecule has 132 valence electrons. The van der Waals surface area contributed by atoms with Gasteiger partial charge in [0.05, 0.1) is 18.4 Å². The summed E-state index contributed by atoms with van der Waals surface area (Å²) in [5, 5.41) is 9.35. The number of ether oxygens (including phenoxy) is 2. The Labute approximate surface area is 154 Å². The first-order chi connectivity index (χ1) is 12.6. The Bertz CT molecular complexity index is 893. The van der Waals surface area contributed by atoms with E-state index in [4.69, 9.17) is 9.47 Å². The molecule has 2 aromatic rings. The average molecular weight is 346 g/mol. The van der Waals surface area contributed by atoms with Crippen molar-refractivity contribution in [2.45, 2.75) is 32.1 Å². The molecule has 0 N–H and O–H groups in total. The molecule has 0 saturated heterocycles. The highest BCUT2D eigenvalue weighted by Gasteiger charge is 2.25.